The maximum absolute atomic E-state index is 9.26. The highest BCUT2D eigenvalue weighted by atomic mass is 32.2. The van der Waals surface area contributed by atoms with Crippen LogP contribution >= 0.6 is 11.8 Å². The van der Waals surface area contributed by atoms with Gasteiger partial charge in [0.05, 0.1) is 17.0 Å². The number of benzene rings is 2. The molecule has 0 saturated heterocycles. The van der Waals surface area contributed by atoms with Gasteiger partial charge in [-0.3, -0.25) is 0 Å². The van der Waals surface area contributed by atoms with Crippen molar-refractivity contribution in [3.63, 3.8) is 0 Å². The molecule has 4 rings (SSSR count). The first kappa shape index (κ1) is 12.5. The second kappa shape index (κ2) is 4.64. The molecule has 0 saturated carbocycles. The number of imidazole rings is 1. The first-order valence-corrected chi connectivity index (χ1v) is 7.85. The van der Waals surface area contributed by atoms with E-state index in [9.17, 15) is 5.26 Å². The predicted molar refractivity (Wildman–Crippen MR) is 84.4 cm³/mol. The molecule has 0 amide bonds. The van der Waals surface area contributed by atoms with E-state index in [0.717, 1.165) is 22.6 Å². The second-order valence-electron chi connectivity index (χ2n) is 5.22. The molecule has 1 aliphatic rings. The van der Waals surface area contributed by atoms with E-state index in [0.29, 0.717) is 11.5 Å². The number of hydrogen-bond acceptors (Lipinski definition) is 3. The largest absolute Gasteiger partial charge is 0.331 e. The first-order valence-electron chi connectivity index (χ1n) is 6.87. The molecule has 3 aromatic rings. The number of aryl methyl sites for hydroxylation is 1. The summed E-state index contributed by atoms with van der Waals surface area (Å²) in [7, 11) is 2.04. The highest BCUT2D eigenvalue weighted by Crippen LogP contribution is 2.43. The van der Waals surface area contributed by atoms with E-state index >= 15 is 0 Å². The van der Waals surface area contributed by atoms with Crippen LogP contribution in [0.15, 0.2) is 47.4 Å². The lowest BCUT2D eigenvalue weighted by Crippen LogP contribution is -2.07. The van der Waals surface area contributed by atoms with Gasteiger partial charge in [-0.15, -0.1) is 11.8 Å². The SMILES string of the molecule is Cn1c(C2CSc3ccccc32)nc2c(C#N)cccc21. The third-order valence-corrected chi connectivity index (χ3v) is 5.26. The van der Waals surface area contributed by atoms with Gasteiger partial charge < -0.3 is 4.57 Å². The standard InChI is InChI=1S/C17H13N3S/c1-20-14-7-4-5-11(9-18)16(14)19-17(20)13-10-21-15-8-3-2-6-12(13)15/h2-8,13H,10H2,1H3. The van der Waals surface area contributed by atoms with Crippen LogP contribution in [0.3, 0.4) is 0 Å². The lowest BCUT2D eigenvalue weighted by molar-refractivity contribution is 0.761. The van der Waals surface area contributed by atoms with Crippen LogP contribution in [0.4, 0.5) is 0 Å². The van der Waals surface area contributed by atoms with Crippen LogP contribution in [0.5, 0.6) is 0 Å². The summed E-state index contributed by atoms with van der Waals surface area (Å²) < 4.78 is 2.13. The molecule has 3 nitrogen and oxygen atoms in total. The van der Waals surface area contributed by atoms with E-state index in [1.807, 2.05) is 37.0 Å². The molecule has 2 heterocycles. The summed E-state index contributed by atoms with van der Waals surface area (Å²) in [6.45, 7) is 0. The molecular weight excluding hydrogens is 278 g/mol. The summed E-state index contributed by atoms with van der Waals surface area (Å²) in [5, 5.41) is 9.26. The second-order valence-corrected chi connectivity index (χ2v) is 6.28. The van der Waals surface area contributed by atoms with Crippen molar-refractivity contribution in [3.8, 4) is 6.07 Å². The summed E-state index contributed by atoms with van der Waals surface area (Å²) in [6, 6.07) is 16.5. The molecule has 1 unspecified atom stereocenters. The molecule has 4 heteroatoms. The zero-order chi connectivity index (χ0) is 14.4. The Bertz CT molecular complexity index is 889. The van der Waals surface area contributed by atoms with Gasteiger partial charge in [0.1, 0.15) is 17.4 Å². The van der Waals surface area contributed by atoms with Crippen LogP contribution in [-0.4, -0.2) is 15.3 Å². The Morgan fingerprint density at radius 2 is 2.10 bits per heavy atom. The van der Waals surface area contributed by atoms with Gasteiger partial charge in [0.25, 0.3) is 0 Å². The minimum absolute atomic E-state index is 0.301. The number of aromatic nitrogens is 2. The number of nitrogens with zero attached hydrogens (tertiary/aromatic N) is 3. The highest BCUT2D eigenvalue weighted by molar-refractivity contribution is 7.99. The summed E-state index contributed by atoms with van der Waals surface area (Å²) >= 11 is 1.88. The number of thioether (sulfide) groups is 1. The van der Waals surface area contributed by atoms with Gasteiger partial charge in [-0.1, -0.05) is 24.3 Å². The Hall–Kier alpha value is -2.25. The molecule has 102 valence electrons. The molecule has 0 fully saturated rings. The average molecular weight is 291 g/mol. The van der Waals surface area contributed by atoms with Crippen molar-refractivity contribution in [3.05, 3.63) is 59.4 Å². The van der Waals surface area contributed by atoms with Crippen LogP contribution in [0, 0.1) is 11.3 Å². The maximum Gasteiger partial charge on any atom is 0.118 e. The topological polar surface area (TPSA) is 41.6 Å². The molecule has 2 aromatic carbocycles. The van der Waals surface area contributed by atoms with Crippen LogP contribution in [0.25, 0.3) is 11.0 Å². The summed E-state index contributed by atoms with van der Waals surface area (Å²) in [4.78, 5) is 6.13. The molecule has 0 spiro atoms. The first-order chi connectivity index (χ1) is 10.3. The molecule has 21 heavy (non-hydrogen) atoms. The fourth-order valence-corrected chi connectivity index (χ4v) is 4.24. The summed E-state index contributed by atoms with van der Waals surface area (Å²) in [6.07, 6.45) is 0. The van der Waals surface area contributed by atoms with Crippen molar-refractivity contribution in [1.82, 2.24) is 9.55 Å². The van der Waals surface area contributed by atoms with E-state index in [-0.39, 0.29) is 0 Å². The monoisotopic (exact) mass is 291 g/mol. The Labute approximate surface area is 127 Å². The minimum Gasteiger partial charge on any atom is -0.331 e. The Balaban J connectivity index is 1.93. The van der Waals surface area contributed by atoms with Crippen LogP contribution in [0.1, 0.15) is 22.9 Å². The molecule has 0 N–H and O–H groups in total. The predicted octanol–water partition coefficient (Wildman–Crippen LogP) is 3.68. The third kappa shape index (κ3) is 1.78. The van der Waals surface area contributed by atoms with Crippen molar-refractivity contribution >= 4 is 22.8 Å². The van der Waals surface area contributed by atoms with Gasteiger partial charge in [-0.05, 0) is 23.8 Å². The van der Waals surface area contributed by atoms with E-state index in [1.165, 1.54) is 10.5 Å². The van der Waals surface area contributed by atoms with E-state index in [1.54, 1.807) is 0 Å². The molecule has 1 aromatic heterocycles. The van der Waals surface area contributed by atoms with Gasteiger partial charge >= 0.3 is 0 Å². The Morgan fingerprint density at radius 1 is 1.24 bits per heavy atom. The van der Waals surface area contributed by atoms with Crippen molar-refractivity contribution in [1.29, 1.82) is 5.26 Å². The zero-order valence-electron chi connectivity index (χ0n) is 11.6. The quantitative estimate of drug-likeness (QED) is 0.686. The van der Waals surface area contributed by atoms with Gasteiger partial charge in [0.2, 0.25) is 0 Å². The Kier molecular flexibility index (Phi) is 2.76. The van der Waals surface area contributed by atoms with Crippen LogP contribution in [0.2, 0.25) is 0 Å². The smallest absolute Gasteiger partial charge is 0.118 e. The molecular formula is C17H13N3S. The normalized spacial score (nSPS) is 16.9. The fraction of sp³-hybridized carbons (Fsp3) is 0.176. The van der Waals surface area contributed by atoms with Crippen molar-refractivity contribution in [2.45, 2.75) is 10.8 Å². The van der Waals surface area contributed by atoms with Gasteiger partial charge in [0.15, 0.2) is 0 Å². The van der Waals surface area contributed by atoms with Crippen molar-refractivity contribution in [2.24, 2.45) is 7.05 Å². The molecule has 0 aliphatic carbocycles. The molecule has 0 radical (unpaired) electrons. The number of para-hydroxylation sites is 1. The lowest BCUT2D eigenvalue weighted by atomic mass is 10.0. The molecule has 1 aliphatic heterocycles. The highest BCUT2D eigenvalue weighted by Gasteiger charge is 2.28. The average Bonchev–Trinajstić information content (AvgIpc) is 3.09. The van der Waals surface area contributed by atoms with E-state index in [4.69, 9.17) is 4.98 Å². The van der Waals surface area contributed by atoms with E-state index < -0.39 is 0 Å². The fourth-order valence-electron chi connectivity index (χ4n) is 3.01. The van der Waals surface area contributed by atoms with E-state index in [2.05, 4.69) is 34.9 Å². The third-order valence-electron chi connectivity index (χ3n) is 4.08. The number of rotatable bonds is 1. The summed E-state index contributed by atoms with van der Waals surface area (Å²) in [5.41, 5.74) is 3.83. The van der Waals surface area contributed by atoms with Gasteiger partial charge in [-0.2, -0.15) is 5.26 Å². The number of nitriles is 1. The molecule has 0 bridgehead atoms. The number of hydrogen-bond donors (Lipinski definition) is 0. The summed E-state index contributed by atoms with van der Waals surface area (Å²) in [5.74, 6) is 2.36. The van der Waals surface area contributed by atoms with Crippen molar-refractivity contribution in [2.75, 3.05) is 5.75 Å². The van der Waals surface area contributed by atoms with Crippen LogP contribution in [-0.2, 0) is 7.05 Å². The van der Waals surface area contributed by atoms with Gasteiger partial charge in [-0.25, -0.2) is 4.98 Å². The molecule has 1 atom stereocenters. The number of fused-ring (bicyclic) bond motifs is 2. The van der Waals surface area contributed by atoms with Crippen LogP contribution < -0.4 is 0 Å². The van der Waals surface area contributed by atoms with Gasteiger partial charge in [0, 0.05) is 17.7 Å². The zero-order valence-corrected chi connectivity index (χ0v) is 12.4. The minimum atomic E-state index is 0.301. The van der Waals surface area contributed by atoms with Crippen molar-refractivity contribution < 1.29 is 0 Å². The maximum atomic E-state index is 9.26. The Morgan fingerprint density at radius 3 is 2.95 bits per heavy atom. The lowest BCUT2D eigenvalue weighted by Gasteiger charge is -2.10.